The van der Waals surface area contributed by atoms with Gasteiger partial charge in [0.05, 0.1) is 13.2 Å². The number of methoxy groups -OCH3 is 1. The number of thiazole rings is 1. The lowest BCUT2D eigenvalue weighted by atomic mass is 10.2. The molecular weight excluding hydrogens is 430 g/mol. The maximum absolute atomic E-state index is 12.5. The lowest BCUT2D eigenvalue weighted by Crippen LogP contribution is -2.23. The molecule has 0 aliphatic carbocycles. The Balaban J connectivity index is 1.61. The fourth-order valence-electron chi connectivity index (χ4n) is 2.82. The van der Waals surface area contributed by atoms with Crippen LogP contribution in [0.15, 0.2) is 47.8 Å². The molecule has 9 heteroatoms. The van der Waals surface area contributed by atoms with Crippen LogP contribution in [0.3, 0.4) is 0 Å². The largest absolute Gasteiger partial charge is 0.493 e. The van der Waals surface area contributed by atoms with Gasteiger partial charge in [-0.1, -0.05) is 6.07 Å². The van der Waals surface area contributed by atoms with E-state index >= 15 is 0 Å². The highest BCUT2D eigenvalue weighted by Crippen LogP contribution is 2.28. The molecule has 0 aliphatic heterocycles. The van der Waals surface area contributed by atoms with Crippen LogP contribution in [0.1, 0.15) is 29.9 Å². The lowest BCUT2D eigenvalue weighted by molar-refractivity contribution is -0.119. The number of ether oxygens (including phenoxy) is 3. The maximum Gasteiger partial charge on any atom is 0.271 e. The van der Waals surface area contributed by atoms with Crippen LogP contribution in [-0.4, -0.2) is 36.6 Å². The highest BCUT2D eigenvalue weighted by molar-refractivity contribution is 7.13. The van der Waals surface area contributed by atoms with E-state index in [9.17, 15) is 9.59 Å². The van der Waals surface area contributed by atoms with Gasteiger partial charge in [0.1, 0.15) is 16.5 Å². The summed E-state index contributed by atoms with van der Waals surface area (Å²) in [7, 11) is 1.49. The molecule has 0 saturated carbocycles. The zero-order valence-corrected chi connectivity index (χ0v) is 18.9. The van der Waals surface area contributed by atoms with Crippen molar-refractivity contribution in [3.05, 3.63) is 59.1 Å². The SMILES string of the molecule is COc1cc(CNC(=O)c2csc(-c3ccc(OC(C)C)cc3)n2)ccc1OCC(N)=O. The van der Waals surface area contributed by atoms with Gasteiger partial charge in [-0.05, 0) is 55.8 Å². The minimum Gasteiger partial charge on any atom is -0.493 e. The summed E-state index contributed by atoms with van der Waals surface area (Å²) in [5.41, 5.74) is 7.17. The van der Waals surface area contributed by atoms with Crippen molar-refractivity contribution in [3.8, 4) is 27.8 Å². The summed E-state index contributed by atoms with van der Waals surface area (Å²) in [6.07, 6.45) is 0.106. The lowest BCUT2D eigenvalue weighted by Gasteiger charge is -2.11. The van der Waals surface area contributed by atoms with Crippen LogP contribution >= 0.6 is 11.3 Å². The van der Waals surface area contributed by atoms with Gasteiger partial charge in [0.15, 0.2) is 18.1 Å². The molecule has 1 heterocycles. The number of amides is 2. The van der Waals surface area contributed by atoms with Crippen LogP contribution in [0.4, 0.5) is 0 Å². The van der Waals surface area contributed by atoms with Crippen LogP contribution in [-0.2, 0) is 11.3 Å². The Morgan fingerprint density at radius 1 is 1.12 bits per heavy atom. The van der Waals surface area contributed by atoms with Crippen LogP contribution < -0.4 is 25.3 Å². The zero-order valence-electron chi connectivity index (χ0n) is 18.1. The Bertz CT molecular complexity index is 1080. The Morgan fingerprint density at radius 3 is 2.53 bits per heavy atom. The first-order valence-electron chi connectivity index (χ1n) is 9.94. The van der Waals surface area contributed by atoms with Crippen molar-refractivity contribution < 1.29 is 23.8 Å². The first-order chi connectivity index (χ1) is 15.4. The van der Waals surface area contributed by atoms with E-state index in [0.29, 0.717) is 17.2 Å². The second kappa shape index (κ2) is 10.6. The van der Waals surface area contributed by atoms with Crippen molar-refractivity contribution >= 4 is 23.2 Å². The molecule has 3 rings (SSSR count). The molecule has 0 bridgehead atoms. The standard InChI is InChI=1S/C23H25N3O5S/c1-14(2)31-17-7-5-16(6-8-17)23-26-18(13-32-23)22(28)25-11-15-4-9-19(20(10-15)29-3)30-12-21(24)27/h4-10,13-14H,11-12H2,1-3H3,(H2,24,27)(H,25,28). The summed E-state index contributed by atoms with van der Waals surface area (Å²) < 4.78 is 16.2. The van der Waals surface area contributed by atoms with Gasteiger partial charge in [0.25, 0.3) is 11.8 Å². The third-order valence-electron chi connectivity index (χ3n) is 4.26. The minimum atomic E-state index is -0.578. The first-order valence-corrected chi connectivity index (χ1v) is 10.8. The number of carbonyl (C=O) groups excluding carboxylic acids is 2. The molecule has 1 aromatic heterocycles. The van der Waals surface area contributed by atoms with Gasteiger partial charge in [0.2, 0.25) is 0 Å². The molecule has 0 saturated heterocycles. The zero-order chi connectivity index (χ0) is 23.1. The first kappa shape index (κ1) is 23.1. The summed E-state index contributed by atoms with van der Waals surface area (Å²) >= 11 is 1.40. The van der Waals surface area contributed by atoms with E-state index in [0.717, 1.165) is 21.9 Å². The van der Waals surface area contributed by atoms with Gasteiger partial charge in [-0.15, -0.1) is 11.3 Å². The van der Waals surface area contributed by atoms with E-state index < -0.39 is 5.91 Å². The molecule has 2 amide bonds. The van der Waals surface area contributed by atoms with Gasteiger partial charge < -0.3 is 25.3 Å². The molecule has 0 spiro atoms. The number of carbonyl (C=O) groups is 2. The molecule has 32 heavy (non-hydrogen) atoms. The van der Waals surface area contributed by atoms with Gasteiger partial charge >= 0.3 is 0 Å². The predicted octanol–water partition coefficient (Wildman–Crippen LogP) is 3.40. The normalized spacial score (nSPS) is 10.6. The van der Waals surface area contributed by atoms with Gasteiger partial charge in [-0.25, -0.2) is 4.98 Å². The van der Waals surface area contributed by atoms with E-state index in [2.05, 4.69) is 10.3 Å². The van der Waals surface area contributed by atoms with Crippen molar-refractivity contribution in [2.45, 2.75) is 26.5 Å². The summed E-state index contributed by atoms with van der Waals surface area (Å²) in [5.74, 6) is 0.778. The summed E-state index contributed by atoms with van der Waals surface area (Å²) in [5, 5.41) is 5.33. The minimum absolute atomic E-state index is 0.106. The van der Waals surface area contributed by atoms with Gasteiger partial charge in [-0.2, -0.15) is 0 Å². The number of nitrogens with zero attached hydrogens (tertiary/aromatic N) is 1. The monoisotopic (exact) mass is 455 g/mol. The van der Waals surface area contributed by atoms with E-state index in [1.165, 1.54) is 18.4 Å². The summed E-state index contributed by atoms with van der Waals surface area (Å²) in [4.78, 5) is 27.9. The van der Waals surface area contributed by atoms with Gasteiger partial charge in [-0.3, -0.25) is 9.59 Å². The number of hydrogen-bond acceptors (Lipinski definition) is 7. The van der Waals surface area contributed by atoms with E-state index in [4.69, 9.17) is 19.9 Å². The van der Waals surface area contributed by atoms with E-state index in [1.807, 2.05) is 38.1 Å². The molecule has 0 fully saturated rings. The predicted molar refractivity (Wildman–Crippen MR) is 122 cm³/mol. The maximum atomic E-state index is 12.5. The van der Waals surface area contributed by atoms with Crippen molar-refractivity contribution in [3.63, 3.8) is 0 Å². The number of benzene rings is 2. The number of aromatic nitrogens is 1. The fraction of sp³-hybridized carbons (Fsp3) is 0.261. The van der Waals surface area contributed by atoms with Crippen LogP contribution in [0.5, 0.6) is 17.2 Å². The highest BCUT2D eigenvalue weighted by atomic mass is 32.1. The molecule has 0 atom stereocenters. The van der Waals surface area contributed by atoms with Crippen LogP contribution in [0.25, 0.3) is 10.6 Å². The highest BCUT2D eigenvalue weighted by Gasteiger charge is 2.13. The second-order valence-corrected chi connectivity index (χ2v) is 8.01. The summed E-state index contributed by atoms with van der Waals surface area (Å²) in [6.45, 7) is 3.98. The van der Waals surface area contributed by atoms with Crippen molar-refractivity contribution in [2.75, 3.05) is 13.7 Å². The summed E-state index contributed by atoms with van der Waals surface area (Å²) in [6, 6.07) is 12.8. The second-order valence-electron chi connectivity index (χ2n) is 7.15. The van der Waals surface area contributed by atoms with Crippen molar-refractivity contribution in [2.24, 2.45) is 5.73 Å². The number of rotatable bonds is 10. The Morgan fingerprint density at radius 2 is 1.88 bits per heavy atom. The Kier molecular flexibility index (Phi) is 7.67. The average molecular weight is 456 g/mol. The number of nitrogens with one attached hydrogen (secondary N) is 1. The molecular formula is C23H25N3O5S. The molecule has 3 N–H and O–H groups in total. The number of hydrogen-bond donors (Lipinski definition) is 2. The smallest absolute Gasteiger partial charge is 0.271 e. The van der Waals surface area contributed by atoms with Crippen LogP contribution in [0.2, 0.25) is 0 Å². The van der Waals surface area contributed by atoms with E-state index in [-0.39, 0.29) is 25.2 Å². The molecule has 0 aliphatic rings. The molecule has 168 valence electrons. The van der Waals surface area contributed by atoms with Gasteiger partial charge in [0, 0.05) is 17.5 Å². The topological polar surface area (TPSA) is 113 Å². The van der Waals surface area contributed by atoms with E-state index in [1.54, 1.807) is 23.6 Å². The molecule has 3 aromatic rings. The number of nitrogens with two attached hydrogens (primary N) is 1. The molecule has 2 aromatic carbocycles. The fourth-order valence-corrected chi connectivity index (χ4v) is 3.63. The molecule has 8 nitrogen and oxygen atoms in total. The number of primary amides is 1. The quantitative estimate of drug-likeness (QED) is 0.484. The third-order valence-corrected chi connectivity index (χ3v) is 5.15. The Labute approximate surface area is 190 Å². The van der Waals surface area contributed by atoms with Crippen LogP contribution in [0, 0.1) is 0 Å². The Hall–Kier alpha value is -3.59. The van der Waals surface area contributed by atoms with Crippen molar-refractivity contribution in [1.29, 1.82) is 0 Å². The third kappa shape index (κ3) is 6.21. The molecule has 0 unspecified atom stereocenters. The average Bonchev–Trinajstić information content (AvgIpc) is 3.26. The van der Waals surface area contributed by atoms with Crippen molar-refractivity contribution in [1.82, 2.24) is 10.3 Å². The molecule has 0 radical (unpaired) electrons.